The highest BCUT2D eigenvalue weighted by Crippen LogP contribution is 2.29. The van der Waals surface area contributed by atoms with Crippen molar-refractivity contribution in [1.82, 2.24) is 0 Å². The third kappa shape index (κ3) is 3.73. The van der Waals surface area contributed by atoms with Gasteiger partial charge < -0.3 is 0 Å². The fraction of sp³-hybridized carbons (Fsp3) is 0.333. The van der Waals surface area contributed by atoms with E-state index in [1.807, 2.05) is 60.7 Å². The second kappa shape index (κ2) is 6.02. The van der Waals surface area contributed by atoms with Crippen molar-refractivity contribution >= 4 is 9.84 Å². The van der Waals surface area contributed by atoms with Crippen LogP contribution in [-0.2, 0) is 9.84 Å². The molecule has 3 heteroatoms. The Balaban J connectivity index is 2.44. The lowest BCUT2D eigenvalue weighted by molar-refractivity contribution is 0.556. The van der Waals surface area contributed by atoms with Crippen molar-refractivity contribution in [2.24, 2.45) is 0 Å². The summed E-state index contributed by atoms with van der Waals surface area (Å²) in [5.74, 6) is 0.00137. The maximum absolute atomic E-state index is 12.6. The van der Waals surface area contributed by atoms with Crippen molar-refractivity contribution < 1.29 is 8.42 Å². The highest BCUT2D eigenvalue weighted by Gasteiger charge is 2.32. The topological polar surface area (TPSA) is 34.1 Å². The van der Waals surface area contributed by atoms with Crippen LogP contribution >= 0.6 is 0 Å². The van der Waals surface area contributed by atoms with Gasteiger partial charge in [0.25, 0.3) is 0 Å². The van der Waals surface area contributed by atoms with E-state index in [2.05, 4.69) is 0 Å². The van der Waals surface area contributed by atoms with E-state index < -0.39 is 14.6 Å². The summed E-state index contributed by atoms with van der Waals surface area (Å²) in [5.41, 5.74) is 2.08. The Morgan fingerprint density at radius 2 is 1.19 bits per heavy atom. The average molecular weight is 302 g/mol. The molecule has 0 aliphatic heterocycles. The molecule has 0 N–H and O–H groups in total. The maximum Gasteiger partial charge on any atom is 0.156 e. The van der Waals surface area contributed by atoms with Crippen LogP contribution in [-0.4, -0.2) is 18.9 Å². The van der Waals surface area contributed by atoms with Crippen LogP contribution in [0.3, 0.4) is 0 Å². The van der Waals surface area contributed by atoms with Crippen molar-refractivity contribution in [3.05, 3.63) is 71.8 Å². The Labute approximate surface area is 127 Å². The zero-order valence-electron chi connectivity index (χ0n) is 12.8. The molecule has 0 aliphatic carbocycles. The molecule has 0 heterocycles. The summed E-state index contributed by atoms with van der Waals surface area (Å²) < 4.78 is 24.5. The SMILES string of the molecule is CC(C)(C)S(=O)(=O)CC(c1ccccc1)c1ccccc1. The molecule has 0 saturated heterocycles. The number of hydrogen-bond donors (Lipinski definition) is 0. The van der Waals surface area contributed by atoms with Crippen LogP contribution in [0.25, 0.3) is 0 Å². The molecule has 0 amide bonds. The average Bonchev–Trinajstić information content (AvgIpc) is 2.45. The molecule has 0 atom stereocenters. The fourth-order valence-corrected chi connectivity index (χ4v) is 3.55. The van der Waals surface area contributed by atoms with Gasteiger partial charge in [0.15, 0.2) is 9.84 Å². The van der Waals surface area contributed by atoms with Gasteiger partial charge in [-0.25, -0.2) is 8.42 Å². The molecule has 0 saturated carbocycles. The monoisotopic (exact) mass is 302 g/mol. The molecular weight excluding hydrogens is 280 g/mol. The highest BCUT2D eigenvalue weighted by atomic mass is 32.2. The van der Waals surface area contributed by atoms with Crippen LogP contribution in [0.2, 0.25) is 0 Å². The summed E-state index contributed by atoms with van der Waals surface area (Å²) in [5, 5.41) is 0. The normalized spacial score (nSPS) is 12.6. The minimum atomic E-state index is -3.19. The second-order valence-electron chi connectivity index (χ2n) is 6.27. The van der Waals surface area contributed by atoms with Gasteiger partial charge in [0.2, 0.25) is 0 Å². The van der Waals surface area contributed by atoms with E-state index in [0.717, 1.165) is 11.1 Å². The van der Waals surface area contributed by atoms with E-state index in [-0.39, 0.29) is 11.7 Å². The van der Waals surface area contributed by atoms with E-state index in [1.54, 1.807) is 20.8 Å². The molecule has 21 heavy (non-hydrogen) atoms. The first-order valence-corrected chi connectivity index (χ1v) is 8.79. The summed E-state index contributed by atoms with van der Waals surface area (Å²) >= 11 is 0. The molecule has 0 fully saturated rings. The second-order valence-corrected chi connectivity index (χ2v) is 9.06. The van der Waals surface area contributed by atoms with Crippen LogP contribution in [0.5, 0.6) is 0 Å². The van der Waals surface area contributed by atoms with Crippen molar-refractivity contribution in [3.8, 4) is 0 Å². The Kier molecular flexibility index (Phi) is 4.52. The molecule has 0 aliphatic rings. The van der Waals surface area contributed by atoms with Gasteiger partial charge in [-0.15, -0.1) is 0 Å². The molecular formula is C18H22O2S. The first-order chi connectivity index (χ1) is 9.81. The van der Waals surface area contributed by atoms with Crippen molar-refractivity contribution in [2.75, 3.05) is 5.75 Å². The molecule has 2 aromatic rings. The van der Waals surface area contributed by atoms with Gasteiger partial charge in [0.05, 0.1) is 10.5 Å². The summed E-state index contributed by atoms with van der Waals surface area (Å²) in [7, 11) is -3.19. The number of hydrogen-bond acceptors (Lipinski definition) is 2. The van der Waals surface area contributed by atoms with Gasteiger partial charge in [-0.1, -0.05) is 60.7 Å². The number of benzene rings is 2. The van der Waals surface area contributed by atoms with Crippen LogP contribution in [0, 0.1) is 0 Å². The molecule has 0 spiro atoms. The van der Waals surface area contributed by atoms with E-state index in [0.29, 0.717) is 0 Å². The summed E-state index contributed by atoms with van der Waals surface area (Å²) in [6.07, 6.45) is 0. The Morgan fingerprint density at radius 3 is 1.52 bits per heavy atom. The molecule has 2 nitrogen and oxygen atoms in total. The third-order valence-electron chi connectivity index (χ3n) is 3.72. The molecule has 2 aromatic carbocycles. The van der Waals surface area contributed by atoms with E-state index in [1.165, 1.54) is 0 Å². The molecule has 0 aromatic heterocycles. The van der Waals surface area contributed by atoms with Gasteiger partial charge in [-0.05, 0) is 31.9 Å². The zero-order chi connectivity index (χ0) is 15.5. The predicted octanol–water partition coefficient (Wildman–Crippen LogP) is 4.03. The molecule has 0 radical (unpaired) electrons. The number of rotatable bonds is 4. The van der Waals surface area contributed by atoms with E-state index >= 15 is 0 Å². The zero-order valence-corrected chi connectivity index (χ0v) is 13.6. The van der Waals surface area contributed by atoms with Crippen LogP contribution in [0.4, 0.5) is 0 Å². The lowest BCUT2D eigenvalue weighted by Gasteiger charge is -2.24. The van der Waals surface area contributed by atoms with Gasteiger partial charge in [-0.3, -0.25) is 0 Å². The summed E-state index contributed by atoms with van der Waals surface area (Å²) in [6, 6.07) is 19.7. The summed E-state index contributed by atoms with van der Waals surface area (Å²) in [6.45, 7) is 5.28. The van der Waals surface area contributed by atoms with Gasteiger partial charge in [0, 0.05) is 5.92 Å². The van der Waals surface area contributed by atoms with Crippen molar-refractivity contribution in [1.29, 1.82) is 0 Å². The quantitative estimate of drug-likeness (QED) is 0.854. The van der Waals surface area contributed by atoms with Gasteiger partial charge in [-0.2, -0.15) is 0 Å². The highest BCUT2D eigenvalue weighted by molar-refractivity contribution is 7.92. The Morgan fingerprint density at radius 1 is 0.810 bits per heavy atom. The van der Waals surface area contributed by atoms with E-state index in [4.69, 9.17) is 0 Å². The Bertz CT molecular complexity index is 629. The lowest BCUT2D eigenvalue weighted by atomic mass is 9.93. The standard InChI is InChI=1S/C18H22O2S/c1-18(2,3)21(19,20)14-17(15-10-6-4-7-11-15)16-12-8-5-9-13-16/h4-13,17H,14H2,1-3H3. The smallest absolute Gasteiger partial charge is 0.156 e. The molecule has 0 bridgehead atoms. The fourth-order valence-electron chi connectivity index (χ4n) is 2.23. The molecule has 0 unspecified atom stereocenters. The third-order valence-corrected chi connectivity index (χ3v) is 6.36. The predicted molar refractivity (Wildman–Crippen MR) is 88.3 cm³/mol. The van der Waals surface area contributed by atoms with Crippen LogP contribution in [0.1, 0.15) is 37.8 Å². The van der Waals surface area contributed by atoms with Crippen LogP contribution in [0.15, 0.2) is 60.7 Å². The first kappa shape index (κ1) is 15.8. The summed E-state index contributed by atoms with van der Waals surface area (Å²) in [4.78, 5) is 0. The van der Waals surface area contributed by atoms with Crippen LogP contribution < -0.4 is 0 Å². The van der Waals surface area contributed by atoms with Crippen molar-refractivity contribution in [2.45, 2.75) is 31.4 Å². The lowest BCUT2D eigenvalue weighted by Crippen LogP contribution is -2.33. The molecule has 112 valence electrons. The largest absolute Gasteiger partial charge is 0.228 e. The van der Waals surface area contributed by atoms with Gasteiger partial charge in [0.1, 0.15) is 0 Å². The first-order valence-electron chi connectivity index (χ1n) is 7.13. The number of sulfone groups is 1. The molecule has 2 rings (SSSR count). The minimum absolute atomic E-state index is 0.128. The Hall–Kier alpha value is -1.61. The van der Waals surface area contributed by atoms with Crippen molar-refractivity contribution in [3.63, 3.8) is 0 Å². The maximum atomic E-state index is 12.6. The van der Waals surface area contributed by atoms with E-state index in [9.17, 15) is 8.42 Å². The van der Waals surface area contributed by atoms with Gasteiger partial charge >= 0.3 is 0 Å². The minimum Gasteiger partial charge on any atom is -0.228 e.